The molecule has 0 atom stereocenters. The summed E-state index contributed by atoms with van der Waals surface area (Å²) in [5.41, 5.74) is 4.47. The fourth-order valence-corrected chi connectivity index (χ4v) is 0.221. The van der Waals surface area contributed by atoms with Crippen LogP contribution in [0.5, 0.6) is 0 Å². The summed E-state index contributed by atoms with van der Waals surface area (Å²) in [6.45, 7) is 0. The van der Waals surface area contributed by atoms with Gasteiger partial charge in [-0.3, -0.25) is 9.35 Å². The van der Waals surface area contributed by atoms with Gasteiger partial charge in [-0.15, -0.1) is 5.11 Å². The maximum Gasteiger partial charge on any atom is 0.289 e. The molecule has 0 aromatic heterocycles. The fourth-order valence-electron chi connectivity index (χ4n) is 0.221. The molecule has 0 bridgehead atoms. The SMILES string of the molecule is NCS(=O)(=O)O.O=C1C=CN=N1. The zero-order chi connectivity index (χ0) is 9.61. The van der Waals surface area contributed by atoms with E-state index in [1.165, 1.54) is 12.3 Å². The number of azo groups is 1. The number of carbonyl (C=O) groups excluding carboxylic acids is 1. The molecule has 1 rings (SSSR count). The third-order valence-corrected chi connectivity index (χ3v) is 1.07. The van der Waals surface area contributed by atoms with Crippen LogP contribution >= 0.6 is 0 Å². The molecule has 1 aliphatic rings. The minimum Gasteiger partial charge on any atom is -0.316 e. The quantitative estimate of drug-likeness (QED) is 0.532. The molecule has 8 heteroatoms. The lowest BCUT2D eigenvalue weighted by atomic mass is 10.6. The number of nitrogens with two attached hydrogens (primary N) is 1. The average molecular weight is 193 g/mol. The molecule has 3 N–H and O–H groups in total. The van der Waals surface area contributed by atoms with Crippen LogP contribution in [0.25, 0.3) is 0 Å². The molecule has 7 nitrogen and oxygen atoms in total. The Morgan fingerprint density at radius 1 is 1.58 bits per heavy atom. The van der Waals surface area contributed by atoms with E-state index in [0.29, 0.717) is 0 Å². The Balaban J connectivity index is 0.000000202. The van der Waals surface area contributed by atoms with E-state index < -0.39 is 16.0 Å². The van der Waals surface area contributed by atoms with Crippen LogP contribution in [0.15, 0.2) is 22.5 Å². The number of nitrogens with zero attached hydrogens (tertiary/aromatic N) is 2. The van der Waals surface area contributed by atoms with Crippen molar-refractivity contribution in [3.63, 3.8) is 0 Å². The summed E-state index contributed by atoms with van der Waals surface area (Å²) in [6, 6.07) is 0. The van der Waals surface area contributed by atoms with Crippen molar-refractivity contribution in [3.8, 4) is 0 Å². The highest BCUT2D eigenvalue weighted by Gasteiger charge is 1.93. The largest absolute Gasteiger partial charge is 0.316 e. The van der Waals surface area contributed by atoms with Gasteiger partial charge in [0.2, 0.25) is 0 Å². The summed E-state index contributed by atoms with van der Waals surface area (Å²) in [5.74, 6) is -0.970. The molecular weight excluding hydrogens is 186 g/mol. The molecule has 0 aromatic carbocycles. The second-order valence-electron chi connectivity index (χ2n) is 1.62. The summed E-state index contributed by atoms with van der Waals surface area (Å²) in [5, 5.41) is 6.37. The minimum atomic E-state index is -3.88. The van der Waals surface area contributed by atoms with Gasteiger partial charge in [-0.2, -0.15) is 13.5 Å². The van der Waals surface area contributed by atoms with Crippen LogP contribution in [0.3, 0.4) is 0 Å². The Hall–Kier alpha value is -1.12. The first-order valence-electron chi connectivity index (χ1n) is 2.72. The van der Waals surface area contributed by atoms with Gasteiger partial charge in [0.25, 0.3) is 16.0 Å². The van der Waals surface area contributed by atoms with E-state index in [4.69, 9.17) is 4.55 Å². The van der Waals surface area contributed by atoms with Crippen molar-refractivity contribution in [2.24, 2.45) is 16.0 Å². The Morgan fingerprint density at radius 3 is 2.17 bits per heavy atom. The van der Waals surface area contributed by atoms with Crippen molar-refractivity contribution in [1.29, 1.82) is 0 Å². The van der Waals surface area contributed by atoms with E-state index in [0.717, 1.165) is 0 Å². The van der Waals surface area contributed by atoms with Crippen molar-refractivity contribution in [2.45, 2.75) is 0 Å². The highest BCUT2D eigenvalue weighted by molar-refractivity contribution is 7.85. The lowest BCUT2D eigenvalue weighted by Gasteiger charge is -1.80. The van der Waals surface area contributed by atoms with E-state index in [9.17, 15) is 13.2 Å². The maximum absolute atomic E-state index is 9.90. The first-order chi connectivity index (χ1) is 5.45. The monoisotopic (exact) mass is 193 g/mol. The van der Waals surface area contributed by atoms with E-state index in [-0.39, 0.29) is 5.91 Å². The van der Waals surface area contributed by atoms with E-state index in [1.54, 1.807) is 0 Å². The molecule has 0 spiro atoms. The van der Waals surface area contributed by atoms with Gasteiger partial charge in [0.15, 0.2) is 0 Å². The topological polar surface area (TPSA) is 122 Å². The predicted octanol–water partition coefficient (Wildman–Crippen LogP) is -0.717. The van der Waals surface area contributed by atoms with Crippen LogP contribution in [-0.4, -0.2) is 24.8 Å². The molecule has 0 saturated carbocycles. The Kier molecular flexibility index (Phi) is 4.26. The highest BCUT2D eigenvalue weighted by Crippen LogP contribution is 1.90. The first-order valence-corrected chi connectivity index (χ1v) is 4.33. The Labute approximate surface area is 68.7 Å². The molecule has 0 fully saturated rings. The molecule has 0 saturated heterocycles. The van der Waals surface area contributed by atoms with Crippen LogP contribution in [0.1, 0.15) is 0 Å². The van der Waals surface area contributed by atoms with Crippen LogP contribution in [0.2, 0.25) is 0 Å². The lowest BCUT2D eigenvalue weighted by molar-refractivity contribution is -0.113. The van der Waals surface area contributed by atoms with Crippen LogP contribution in [0, 0.1) is 0 Å². The fraction of sp³-hybridized carbons (Fsp3) is 0.250. The van der Waals surface area contributed by atoms with Crippen molar-refractivity contribution in [1.82, 2.24) is 0 Å². The van der Waals surface area contributed by atoms with Gasteiger partial charge < -0.3 is 5.73 Å². The van der Waals surface area contributed by atoms with E-state index in [1.807, 2.05) is 0 Å². The number of carbonyl (C=O) groups is 1. The number of hydrogen-bond donors (Lipinski definition) is 2. The van der Waals surface area contributed by atoms with Crippen molar-refractivity contribution >= 4 is 16.0 Å². The third-order valence-electron chi connectivity index (χ3n) is 0.651. The van der Waals surface area contributed by atoms with Crippen LogP contribution in [-0.2, 0) is 14.9 Å². The van der Waals surface area contributed by atoms with Gasteiger partial charge in [-0.05, 0) is 0 Å². The van der Waals surface area contributed by atoms with E-state index >= 15 is 0 Å². The van der Waals surface area contributed by atoms with Crippen LogP contribution < -0.4 is 5.73 Å². The lowest BCUT2D eigenvalue weighted by Crippen LogP contribution is -2.11. The average Bonchev–Trinajstić information content (AvgIpc) is 2.39. The third kappa shape index (κ3) is 6.99. The van der Waals surface area contributed by atoms with E-state index in [2.05, 4.69) is 16.0 Å². The summed E-state index contributed by atoms with van der Waals surface area (Å²) >= 11 is 0. The molecular formula is C4H7N3O4S. The molecule has 1 aliphatic heterocycles. The number of hydrogen-bond acceptors (Lipinski definition) is 5. The minimum absolute atomic E-state index is 0.269. The molecule has 68 valence electrons. The Morgan fingerprint density at radius 2 is 2.08 bits per heavy atom. The van der Waals surface area contributed by atoms with Gasteiger partial charge in [-0.25, -0.2) is 0 Å². The van der Waals surface area contributed by atoms with Crippen molar-refractivity contribution < 1.29 is 17.8 Å². The predicted molar refractivity (Wildman–Crippen MR) is 39.6 cm³/mol. The first kappa shape index (κ1) is 10.9. The van der Waals surface area contributed by atoms with Gasteiger partial charge >= 0.3 is 0 Å². The van der Waals surface area contributed by atoms with Gasteiger partial charge in [0, 0.05) is 6.08 Å². The molecule has 1 amide bonds. The second kappa shape index (κ2) is 4.70. The summed E-state index contributed by atoms with van der Waals surface area (Å²) < 4.78 is 26.5. The van der Waals surface area contributed by atoms with Crippen molar-refractivity contribution in [2.75, 3.05) is 5.88 Å². The van der Waals surface area contributed by atoms with Gasteiger partial charge in [0.05, 0.1) is 6.20 Å². The maximum atomic E-state index is 9.90. The molecule has 12 heavy (non-hydrogen) atoms. The summed E-state index contributed by atoms with van der Waals surface area (Å²) in [7, 11) is -3.88. The molecule has 1 heterocycles. The second-order valence-corrected chi connectivity index (χ2v) is 3.12. The standard InChI is InChI=1S/C3H2N2O.CH5NO3S/c6-3-1-2-4-5-3;2-1-6(3,4)5/h1-2H;1-2H2,(H,3,4,5). The highest BCUT2D eigenvalue weighted by atomic mass is 32.2. The number of rotatable bonds is 1. The smallest absolute Gasteiger partial charge is 0.289 e. The molecule has 0 aliphatic carbocycles. The zero-order valence-electron chi connectivity index (χ0n) is 5.91. The van der Waals surface area contributed by atoms with Crippen molar-refractivity contribution in [3.05, 3.63) is 12.3 Å². The zero-order valence-corrected chi connectivity index (χ0v) is 6.73. The number of amides is 1. The normalized spacial score (nSPS) is 14.3. The molecule has 0 radical (unpaired) electrons. The molecule has 0 unspecified atom stereocenters. The Bertz CT molecular complexity index is 290. The van der Waals surface area contributed by atoms with Gasteiger partial charge in [0.1, 0.15) is 5.88 Å². The molecule has 0 aromatic rings. The van der Waals surface area contributed by atoms with Gasteiger partial charge in [-0.1, -0.05) is 0 Å². The summed E-state index contributed by atoms with van der Waals surface area (Å²) in [6.07, 6.45) is 2.67. The van der Waals surface area contributed by atoms with Crippen LogP contribution in [0.4, 0.5) is 0 Å². The summed E-state index contributed by atoms with van der Waals surface area (Å²) in [4.78, 5) is 9.90.